The summed E-state index contributed by atoms with van der Waals surface area (Å²) >= 11 is 1.47. The number of aromatic nitrogens is 2. The molecule has 2 aromatic carbocycles. The summed E-state index contributed by atoms with van der Waals surface area (Å²) in [5.74, 6) is 0.602. The molecule has 0 aliphatic carbocycles. The Morgan fingerprint density at radius 3 is 2.47 bits per heavy atom. The third kappa shape index (κ3) is 4.32. The molecule has 176 valence electrons. The van der Waals surface area contributed by atoms with E-state index in [4.69, 9.17) is 4.98 Å². The van der Waals surface area contributed by atoms with Gasteiger partial charge in [0.15, 0.2) is 0 Å². The second kappa shape index (κ2) is 9.07. The molecule has 0 atom stereocenters. The Labute approximate surface area is 202 Å². The molecule has 0 amide bonds. The quantitative estimate of drug-likeness (QED) is 0.456. The highest BCUT2D eigenvalue weighted by Gasteiger charge is 2.30. The minimum atomic E-state index is -3.53. The molecule has 0 unspecified atom stereocenters. The lowest BCUT2D eigenvalue weighted by molar-refractivity contribution is 0.178. The fraction of sp³-hybridized carbons (Fsp3) is 0.280. The van der Waals surface area contributed by atoms with Gasteiger partial charge in [0.2, 0.25) is 10.0 Å². The number of hydrogen-bond donors (Lipinski definition) is 1. The second-order valence-corrected chi connectivity index (χ2v) is 11.4. The van der Waals surface area contributed by atoms with Crippen LogP contribution in [0.4, 0.5) is 0 Å². The van der Waals surface area contributed by atoms with E-state index in [1.807, 2.05) is 61.7 Å². The van der Waals surface area contributed by atoms with Crippen LogP contribution in [0, 0.1) is 13.8 Å². The van der Waals surface area contributed by atoms with Crippen molar-refractivity contribution in [1.82, 2.24) is 19.2 Å². The number of benzene rings is 2. The zero-order chi connectivity index (χ0) is 23.9. The molecular formula is C25H26N4O3S2. The summed E-state index contributed by atoms with van der Waals surface area (Å²) in [4.78, 5) is 23.8. The van der Waals surface area contributed by atoms with Crippen LogP contribution in [0.5, 0.6) is 0 Å². The maximum atomic E-state index is 13.1. The van der Waals surface area contributed by atoms with Crippen molar-refractivity contribution in [3.05, 3.63) is 81.2 Å². The summed E-state index contributed by atoms with van der Waals surface area (Å²) in [6.07, 6.45) is 0. The molecular weight excluding hydrogens is 468 g/mol. The lowest BCUT2D eigenvalue weighted by atomic mass is 10.1. The maximum absolute atomic E-state index is 13.1. The second-order valence-electron chi connectivity index (χ2n) is 8.66. The zero-order valence-electron chi connectivity index (χ0n) is 19.1. The number of fused-ring (bicyclic) bond motifs is 1. The third-order valence-corrected chi connectivity index (χ3v) is 9.16. The number of sulfonamides is 1. The lowest BCUT2D eigenvalue weighted by Crippen LogP contribution is -2.48. The molecule has 1 saturated heterocycles. The maximum Gasteiger partial charge on any atom is 0.260 e. The molecule has 1 aliphatic rings. The largest absolute Gasteiger partial charge is 0.309 e. The molecule has 5 rings (SSSR count). The molecule has 9 heteroatoms. The molecule has 7 nitrogen and oxygen atoms in total. The van der Waals surface area contributed by atoms with Gasteiger partial charge in [-0.25, -0.2) is 13.4 Å². The highest BCUT2D eigenvalue weighted by molar-refractivity contribution is 7.89. The average Bonchev–Trinajstić information content (AvgIpc) is 3.24. The van der Waals surface area contributed by atoms with Crippen LogP contribution in [0.2, 0.25) is 0 Å². The van der Waals surface area contributed by atoms with Gasteiger partial charge in [-0.15, -0.1) is 11.3 Å². The van der Waals surface area contributed by atoms with E-state index in [-0.39, 0.29) is 5.56 Å². The summed E-state index contributed by atoms with van der Waals surface area (Å²) in [5.41, 5.74) is 3.56. The highest BCUT2D eigenvalue weighted by Crippen LogP contribution is 2.30. The normalized spacial score (nSPS) is 15.7. The fourth-order valence-corrected chi connectivity index (χ4v) is 7.06. The highest BCUT2D eigenvalue weighted by atomic mass is 32.2. The SMILES string of the molecule is Cc1ccc(S(=O)(=O)N2CCN(Cc3nc4scc(-c5ccccc5)c4c(=O)[nH]3)CC2)c(C)c1. The molecule has 1 fully saturated rings. The Kier molecular flexibility index (Phi) is 6.11. The van der Waals surface area contributed by atoms with Crippen molar-refractivity contribution in [2.24, 2.45) is 0 Å². The lowest BCUT2D eigenvalue weighted by Gasteiger charge is -2.33. The summed E-state index contributed by atoms with van der Waals surface area (Å²) < 4.78 is 27.8. The van der Waals surface area contributed by atoms with E-state index in [1.165, 1.54) is 11.3 Å². The smallest absolute Gasteiger partial charge is 0.260 e. The first-order chi connectivity index (χ1) is 16.3. The van der Waals surface area contributed by atoms with E-state index < -0.39 is 10.0 Å². The number of thiophene rings is 1. The number of piperazine rings is 1. The van der Waals surface area contributed by atoms with E-state index >= 15 is 0 Å². The zero-order valence-corrected chi connectivity index (χ0v) is 20.7. The third-order valence-electron chi connectivity index (χ3n) is 6.23. The van der Waals surface area contributed by atoms with Crippen LogP contribution in [0.3, 0.4) is 0 Å². The van der Waals surface area contributed by atoms with Crippen molar-refractivity contribution in [1.29, 1.82) is 0 Å². The molecule has 0 spiro atoms. The van der Waals surface area contributed by atoms with Gasteiger partial charge < -0.3 is 4.98 Å². The summed E-state index contributed by atoms with van der Waals surface area (Å²) in [7, 11) is -3.53. The topological polar surface area (TPSA) is 86.4 Å². The summed E-state index contributed by atoms with van der Waals surface area (Å²) in [6, 6.07) is 15.3. The van der Waals surface area contributed by atoms with Gasteiger partial charge in [-0.05, 0) is 31.0 Å². The van der Waals surface area contributed by atoms with Gasteiger partial charge in [-0.3, -0.25) is 9.69 Å². The first-order valence-electron chi connectivity index (χ1n) is 11.2. The molecule has 1 N–H and O–H groups in total. The first kappa shape index (κ1) is 22.9. The Balaban J connectivity index is 1.30. The standard InChI is InChI=1S/C25H26N4O3S2/c1-17-8-9-21(18(2)14-17)34(31,32)29-12-10-28(11-13-29)15-22-26-24(30)23-20(16-33-25(23)27-22)19-6-4-3-5-7-19/h3-9,14,16H,10-13,15H2,1-2H3,(H,26,27,30). The van der Waals surface area contributed by atoms with Crippen LogP contribution < -0.4 is 5.56 Å². The van der Waals surface area contributed by atoms with Gasteiger partial charge in [-0.2, -0.15) is 4.31 Å². The minimum absolute atomic E-state index is 0.142. The number of H-pyrrole nitrogens is 1. The van der Waals surface area contributed by atoms with Crippen LogP contribution in [0.25, 0.3) is 21.3 Å². The predicted molar refractivity (Wildman–Crippen MR) is 136 cm³/mol. The molecule has 4 aromatic rings. The number of aromatic amines is 1. The van der Waals surface area contributed by atoms with Crippen molar-refractivity contribution in [2.75, 3.05) is 26.2 Å². The number of aryl methyl sites for hydroxylation is 2. The molecule has 0 radical (unpaired) electrons. The summed E-state index contributed by atoms with van der Waals surface area (Å²) in [6.45, 7) is 6.22. The van der Waals surface area contributed by atoms with Crippen molar-refractivity contribution < 1.29 is 8.42 Å². The van der Waals surface area contributed by atoms with Gasteiger partial charge in [0, 0.05) is 37.1 Å². The number of nitrogens with zero attached hydrogens (tertiary/aromatic N) is 3. The summed E-state index contributed by atoms with van der Waals surface area (Å²) in [5, 5.41) is 2.59. The van der Waals surface area contributed by atoms with Crippen LogP contribution in [-0.2, 0) is 16.6 Å². The van der Waals surface area contributed by atoms with E-state index in [0.29, 0.717) is 53.7 Å². The Hall–Kier alpha value is -2.85. The molecule has 3 heterocycles. The van der Waals surface area contributed by atoms with Crippen molar-refractivity contribution in [2.45, 2.75) is 25.3 Å². The van der Waals surface area contributed by atoms with E-state index in [2.05, 4.69) is 9.88 Å². The minimum Gasteiger partial charge on any atom is -0.309 e. The van der Waals surface area contributed by atoms with E-state index in [9.17, 15) is 13.2 Å². The Morgan fingerprint density at radius 1 is 1.03 bits per heavy atom. The molecule has 0 saturated carbocycles. The number of nitrogens with one attached hydrogen (secondary N) is 1. The Morgan fingerprint density at radius 2 is 1.76 bits per heavy atom. The average molecular weight is 495 g/mol. The van der Waals surface area contributed by atoms with Gasteiger partial charge >= 0.3 is 0 Å². The molecule has 34 heavy (non-hydrogen) atoms. The molecule has 0 bridgehead atoms. The monoisotopic (exact) mass is 494 g/mol. The van der Waals surface area contributed by atoms with Crippen LogP contribution in [0.15, 0.2) is 63.6 Å². The van der Waals surface area contributed by atoms with Crippen LogP contribution in [0.1, 0.15) is 17.0 Å². The fourth-order valence-electron chi connectivity index (χ4n) is 4.47. The van der Waals surface area contributed by atoms with E-state index in [1.54, 1.807) is 10.4 Å². The predicted octanol–water partition coefficient (Wildman–Crippen LogP) is 3.77. The van der Waals surface area contributed by atoms with Gasteiger partial charge in [-0.1, -0.05) is 48.0 Å². The van der Waals surface area contributed by atoms with Crippen LogP contribution >= 0.6 is 11.3 Å². The van der Waals surface area contributed by atoms with Gasteiger partial charge in [0.25, 0.3) is 5.56 Å². The van der Waals surface area contributed by atoms with Crippen molar-refractivity contribution in [3.8, 4) is 11.1 Å². The number of rotatable bonds is 5. The number of hydrogen-bond acceptors (Lipinski definition) is 6. The first-order valence-corrected chi connectivity index (χ1v) is 13.5. The van der Waals surface area contributed by atoms with Gasteiger partial charge in [0.05, 0.1) is 16.8 Å². The Bertz CT molecular complexity index is 1500. The van der Waals surface area contributed by atoms with Crippen molar-refractivity contribution >= 4 is 31.6 Å². The van der Waals surface area contributed by atoms with Gasteiger partial charge in [0.1, 0.15) is 10.7 Å². The van der Waals surface area contributed by atoms with Crippen molar-refractivity contribution in [3.63, 3.8) is 0 Å². The molecule has 2 aromatic heterocycles. The molecule has 1 aliphatic heterocycles. The van der Waals surface area contributed by atoms with Crippen LogP contribution in [-0.4, -0.2) is 53.8 Å². The van der Waals surface area contributed by atoms with E-state index in [0.717, 1.165) is 22.3 Å².